The van der Waals surface area contributed by atoms with Crippen LogP contribution in [0.15, 0.2) is 30.1 Å². The summed E-state index contributed by atoms with van der Waals surface area (Å²) >= 11 is 0. The van der Waals surface area contributed by atoms with Gasteiger partial charge in [-0.3, -0.25) is 4.79 Å². The molecule has 0 radical (unpaired) electrons. The summed E-state index contributed by atoms with van der Waals surface area (Å²) in [6.07, 6.45) is 3.89. The number of amides is 1. The van der Waals surface area contributed by atoms with E-state index in [9.17, 15) is 4.79 Å². The number of benzene rings is 1. The van der Waals surface area contributed by atoms with Crippen molar-refractivity contribution in [2.75, 3.05) is 19.8 Å². The molecule has 6 nitrogen and oxygen atoms in total. The molecule has 0 saturated heterocycles. The molecule has 2 N–H and O–H groups in total. The van der Waals surface area contributed by atoms with E-state index in [0.717, 1.165) is 23.0 Å². The molecule has 22 heavy (non-hydrogen) atoms. The number of ether oxygens (including phenoxy) is 1. The molecule has 1 aromatic carbocycles. The zero-order chi connectivity index (χ0) is 15.8. The van der Waals surface area contributed by atoms with Crippen molar-refractivity contribution in [3.05, 3.63) is 35.7 Å². The van der Waals surface area contributed by atoms with E-state index in [2.05, 4.69) is 15.3 Å². The van der Waals surface area contributed by atoms with Gasteiger partial charge in [0.05, 0.1) is 17.4 Å². The topological polar surface area (TPSA) is 90.8 Å². The van der Waals surface area contributed by atoms with Crippen molar-refractivity contribution in [3.63, 3.8) is 0 Å². The minimum absolute atomic E-state index is 0.0790. The number of nitriles is 1. The zero-order valence-electron chi connectivity index (χ0n) is 12.4. The van der Waals surface area contributed by atoms with Crippen LogP contribution < -0.4 is 5.32 Å². The number of nitrogens with one attached hydrogen (secondary N) is 2. The highest BCUT2D eigenvalue weighted by Gasteiger charge is 2.08. The molecule has 0 bridgehead atoms. The summed E-state index contributed by atoms with van der Waals surface area (Å²) in [6.45, 7) is 3.66. The van der Waals surface area contributed by atoms with Gasteiger partial charge in [-0.1, -0.05) is 6.07 Å². The van der Waals surface area contributed by atoms with Crippen molar-refractivity contribution in [1.29, 1.82) is 5.26 Å². The molecule has 114 valence electrons. The van der Waals surface area contributed by atoms with Gasteiger partial charge in [-0.25, -0.2) is 4.98 Å². The fourth-order valence-electron chi connectivity index (χ4n) is 1.97. The summed E-state index contributed by atoms with van der Waals surface area (Å²) in [5.41, 5.74) is 2.56. The van der Waals surface area contributed by atoms with Gasteiger partial charge in [-0.2, -0.15) is 5.26 Å². The van der Waals surface area contributed by atoms with Crippen LogP contribution in [0, 0.1) is 11.3 Å². The number of imidazole rings is 1. The Morgan fingerprint density at radius 3 is 3.18 bits per heavy atom. The van der Waals surface area contributed by atoms with Gasteiger partial charge in [0.1, 0.15) is 11.6 Å². The van der Waals surface area contributed by atoms with Crippen molar-refractivity contribution in [1.82, 2.24) is 15.3 Å². The molecule has 1 amide bonds. The number of hydrogen-bond donors (Lipinski definition) is 2. The predicted molar refractivity (Wildman–Crippen MR) is 83.8 cm³/mol. The van der Waals surface area contributed by atoms with Crippen LogP contribution in [-0.2, 0) is 9.53 Å². The summed E-state index contributed by atoms with van der Waals surface area (Å²) in [7, 11) is 0. The summed E-state index contributed by atoms with van der Waals surface area (Å²) in [4.78, 5) is 19.1. The highest BCUT2D eigenvalue weighted by molar-refractivity contribution is 6.01. The molecule has 0 atom stereocenters. The Kier molecular flexibility index (Phi) is 5.69. The number of hydrogen-bond acceptors (Lipinski definition) is 4. The molecule has 0 aliphatic rings. The minimum Gasteiger partial charge on any atom is -0.382 e. The number of H-pyrrole nitrogens is 1. The second kappa shape index (κ2) is 7.96. The molecular weight excluding hydrogens is 280 g/mol. The third-order valence-electron chi connectivity index (χ3n) is 3.08. The van der Waals surface area contributed by atoms with E-state index in [4.69, 9.17) is 10.00 Å². The van der Waals surface area contributed by atoms with Gasteiger partial charge in [0.2, 0.25) is 0 Å². The van der Waals surface area contributed by atoms with Crippen LogP contribution in [0.1, 0.15) is 18.9 Å². The lowest BCUT2D eigenvalue weighted by atomic mass is 10.1. The van der Waals surface area contributed by atoms with Gasteiger partial charge >= 0.3 is 0 Å². The lowest BCUT2D eigenvalue weighted by Crippen LogP contribution is -2.26. The molecule has 1 aromatic heterocycles. The Morgan fingerprint density at radius 2 is 2.41 bits per heavy atom. The fourth-order valence-corrected chi connectivity index (χ4v) is 1.97. The number of aromatic amines is 1. The summed E-state index contributed by atoms with van der Waals surface area (Å²) in [5, 5.41) is 11.9. The third-order valence-corrected chi connectivity index (χ3v) is 3.08. The van der Waals surface area contributed by atoms with E-state index >= 15 is 0 Å². The average Bonchev–Trinajstić information content (AvgIpc) is 2.99. The Morgan fingerprint density at radius 1 is 1.55 bits per heavy atom. The van der Waals surface area contributed by atoms with Gasteiger partial charge in [-0.05, 0) is 37.1 Å². The van der Waals surface area contributed by atoms with E-state index in [-0.39, 0.29) is 11.5 Å². The third kappa shape index (κ3) is 4.17. The number of carbonyl (C=O) groups excluding carboxylic acids is 1. The SMILES string of the molecule is CCOCCCNC(=O)C(C#N)=Cc1ccc2nc[nH]c2c1. The molecule has 2 aromatic rings. The highest BCUT2D eigenvalue weighted by atomic mass is 16.5. The van der Waals surface area contributed by atoms with E-state index in [1.165, 1.54) is 0 Å². The molecule has 0 spiro atoms. The van der Waals surface area contributed by atoms with Crippen LogP contribution in [0.2, 0.25) is 0 Å². The van der Waals surface area contributed by atoms with Crippen molar-refractivity contribution in [3.8, 4) is 6.07 Å². The summed E-state index contributed by atoms with van der Waals surface area (Å²) < 4.78 is 5.19. The van der Waals surface area contributed by atoms with Gasteiger partial charge in [0.25, 0.3) is 5.91 Å². The monoisotopic (exact) mass is 298 g/mol. The molecule has 2 rings (SSSR count). The Hall–Kier alpha value is -2.65. The maximum absolute atomic E-state index is 12.0. The van der Waals surface area contributed by atoms with Gasteiger partial charge in [0, 0.05) is 19.8 Å². The molecule has 0 saturated carbocycles. The van der Waals surface area contributed by atoms with Crippen LogP contribution >= 0.6 is 0 Å². The first-order valence-corrected chi connectivity index (χ1v) is 7.15. The van der Waals surface area contributed by atoms with Crippen LogP contribution in [0.3, 0.4) is 0 Å². The maximum atomic E-state index is 12.0. The lowest BCUT2D eigenvalue weighted by Gasteiger charge is -2.04. The van der Waals surface area contributed by atoms with Crippen molar-refractivity contribution in [2.45, 2.75) is 13.3 Å². The first-order valence-electron chi connectivity index (χ1n) is 7.15. The van der Waals surface area contributed by atoms with Crippen molar-refractivity contribution >= 4 is 23.0 Å². The molecule has 0 aliphatic heterocycles. The van der Waals surface area contributed by atoms with Crippen LogP contribution in [0.4, 0.5) is 0 Å². The van der Waals surface area contributed by atoms with Gasteiger partial charge in [-0.15, -0.1) is 0 Å². The van der Waals surface area contributed by atoms with Crippen LogP contribution in [0.25, 0.3) is 17.1 Å². The normalized spacial score (nSPS) is 11.4. The number of nitrogens with zero attached hydrogens (tertiary/aromatic N) is 2. The summed E-state index contributed by atoms with van der Waals surface area (Å²) in [6, 6.07) is 7.45. The lowest BCUT2D eigenvalue weighted by molar-refractivity contribution is -0.117. The molecule has 1 heterocycles. The van der Waals surface area contributed by atoms with E-state index in [1.807, 2.05) is 31.2 Å². The molecule has 0 unspecified atom stereocenters. The predicted octanol–water partition coefficient (Wildman–Crippen LogP) is 2.01. The Balaban J connectivity index is 2.00. The highest BCUT2D eigenvalue weighted by Crippen LogP contribution is 2.14. The Bertz CT molecular complexity index is 712. The fraction of sp³-hybridized carbons (Fsp3) is 0.312. The number of aromatic nitrogens is 2. The first kappa shape index (κ1) is 15.7. The average molecular weight is 298 g/mol. The van der Waals surface area contributed by atoms with E-state index in [1.54, 1.807) is 12.4 Å². The van der Waals surface area contributed by atoms with E-state index < -0.39 is 0 Å². The number of fused-ring (bicyclic) bond motifs is 1. The summed E-state index contributed by atoms with van der Waals surface area (Å²) in [5.74, 6) is -0.372. The minimum atomic E-state index is -0.372. The quantitative estimate of drug-likeness (QED) is 0.465. The van der Waals surface area contributed by atoms with Crippen LogP contribution in [0.5, 0.6) is 0 Å². The standard InChI is InChI=1S/C16H18N4O2/c1-2-22-7-3-6-18-16(21)13(10-17)8-12-4-5-14-15(9-12)20-11-19-14/h4-5,8-9,11H,2-3,6-7H2,1H3,(H,18,21)(H,19,20). The number of rotatable bonds is 7. The Labute approximate surface area is 128 Å². The molecular formula is C16H18N4O2. The van der Waals surface area contributed by atoms with Crippen LogP contribution in [-0.4, -0.2) is 35.6 Å². The molecule has 6 heteroatoms. The molecule has 0 aliphatic carbocycles. The second-order valence-corrected chi connectivity index (χ2v) is 4.66. The van der Waals surface area contributed by atoms with Crippen molar-refractivity contribution in [2.24, 2.45) is 0 Å². The zero-order valence-corrected chi connectivity index (χ0v) is 12.4. The second-order valence-electron chi connectivity index (χ2n) is 4.66. The van der Waals surface area contributed by atoms with Gasteiger partial charge in [0.15, 0.2) is 0 Å². The first-order chi connectivity index (χ1) is 10.7. The van der Waals surface area contributed by atoms with E-state index in [0.29, 0.717) is 19.8 Å². The smallest absolute Gasteiger partial charge is 0.261 e. The van der Waals surface area contributed by atoms with Gasteiger partial charge < -0.3 is 15.0 Å². The molecule has 0 fully saturated rings. The number of carbonyl (C=O) groups is 1. The maximum Gasteiger partial charge on any atom is 0.261 e. The van der Waals surface area contributed by atoms with Crippen molar-refractivity contribution < 1.29 is 9.53 Å². The largest absolute Gasteiger partial charge is 0.382 e.